The Morgan fingerprint density at radius 1 is 0.912 bits per heavy atom. The van der Waals surface area contributed by atoms with Crippen LogP contribution in [0, 0.1) is 27.7 Å². The standard InChI is InChI=1S/C23H32N2O6S3/c1-17-6-8-21(19(3)14-17)33(28,29)24-11-12-25(23(5)10-13-32(26,27)16-23)34(30,31)22-9-7-18(2)15-20(22)4/h6-9,14-15,24H,10-13,16H2,1-5H3/t23-/m1/s1. The van der Waals surface area contributed by atoms with E-state index in [4.69, 9.17) is 0 Å². The van der Waals surface area contributed by atoms with Crippen molar-refractivity contribution < 1.29 is 25.3 Å². The van der Waals surface area contributed by atoms with Crippen molar-refractivity contribution in [1.29, 1.82) is 0 Å². The summed E-state index contributed by atoms with van der Waals surface area (Å²) in [6, 6.07) is 9.93. The van der Waals surface area contributed by atoms with Crippen LogP contribution in [0.5, 0.6) is 0 Å². The van der Waals surface area contributed by atoms with Gasteiger partial charge in [0, 0.05) is 18.6 Å². The minimum absolute atomic E-state index is 0.0841. The molecule has 2 aromatic carbocycles. The molecule has 0 unspecified atom stereocenters. The highest BCUT2D eigenvalue weighted by atomic mass is 32.2. The zero-order valence-electron chi connectivity index (χ0n) is 20.1. The van der Waals surface area contributed by atoms with Crippen molar-refractivity contribution in [1.82, 2.24) is 9.03 Å². The quantitative estimate of drug-likeness (QED) is 0.562. The molecule has 1 aliphatic heterocycles. The maximum Gasteiger partial charge on any atom is 0.243 e. The molecule has 1 aliphatic rings. The van der Waals surface area contributed by atoms with Crippen LogP contribution in [0.3, 0.4) is 0 Å². The van der Waals surface area contributed by atoms with Crippen molar-refractivity contribution in [3.63, 3.8) is 0 Å². The third kappa shape index (κ3) is 5.54. The van der Waals surface area contributed by atoms with Crippen LogP contribution in [0.2, 0.25) is 0 Å². The van der Waals surface area contributed by atoms with Crippen LogP contribution in [0.1, 0.15) is 35.6 Å². The first kappa shape index (κ1) is 26.8. The van der Waals surface area contributed by atoms with Crippen LogP contribution in [-0.4, -0.2) is 59.7 Å². The van der Waals surface area contributed by atoms with Gasteiger partial charge in [-0.1, -0.05) is 35.4 Å². The summed E-state index contributed by atoms with van der Waals surface area (Å²) >= 11 is 0. The molecule has 34 heavy (non-hydrogen) atoms. The van der Waals surface area contributed by atoms with Gasteiger partial charge in [-0.25, -0.2) is 30.0 Å². The maximum absolute atomic E-state index is 13.7. The van der Waals surface area contributed by atoms with Gasteiger partial charge in [-0.2, -0.15) is 4.31 Å². The number of rotatable bonds is 8. The number of sulfonamides is 2. The van der Waals surface area contributed by atoms with E-state index in [-0.39, 0.29) is 40.8 Å². The van der Waals surface area contributed by atoms with Gasteiger partial charge in [-0.3, -0.25) is 0 Å². The number of nitrogens with zero attached hydrogens (tertiary/aromatic N) is 1. The predicted octanol–water partition coefficient (Wildman–Crippen LogP) is 2.47. The van der Waals surface area contributed by atoms with Crippen molar-refractivity contribution in [2.24, 2.45) is 0 Å². The molecule has 1 N–H and O–H groups in total. The fourth-order valence-corrected chi connectivity index (χ4v) is 10.0. The Bertz CT molecular complexity index is 1420. The van der Waals surface area contributed by atoms with E-state index in [1.807, 2.05) is 13.8 Å². The van der Waals surface area contributed by atoms with Gasteiger partial charge in [0.15, 0.2) is 9.84 Å². The fourth-order valence-electron chi connectivity index (χ4n) is 4.54. The van der Waals surface area contributed by atoms with Gasteiger partial charge < -0.3 is 0 Å². The summed E-state index contributed by atoms with van der Waals surface area (Å²) in [5.74, 6) is -0.426. The van der Waals surface area contributed by atoms with Gasteiger partial charge in [0.05, 0.1) is 21.3 Å². The van der Waals surface area contributed by atoms with E-state index < -0.39 is 35.4 Å². The zero-order chi connectivity index (χ0) is 25.5. The molecule has 8 nitrogen and oxygen atoms in total. The molecule has 0 aliphatic carbocycles. The van der Waals surface area contributed by atoms with E-state index >= 15 is 0 Å². The molecule has 0 aromatic heterocycles. The van der Waals surface area contributed by atoms with Crippen LogP contribution in [0.4, 0.5) is 0 Å². The lowest BCUT2D eigenvalue weighted by atomic mass is 10.0. The smallest absolute Gasteiger partial charge is 0.229 e. The average molecular weight is 529 g/mol. The molecule has 0 amide bonds. The molecule has 1 atom stereocenters. The Labute approximate surface area is 203 Å². The lowest BCUT2D eigenvalue weighted by Crippen LogP contribution is -2.53. The normalized spacial score (nSPS) is 20.6. The Morgan fingerprint density at radius 2 is 1.44 bits per heavy atom. The molecule has 188 valence electrons. The minimum atomic E-state index is -4.10. The Morgan fingerprint density at radius 3 is 1.91 bits per heavy atom. The summed E-state index contributed by atoms with van der Waals surface area (Å²) in [4.78, 5) is 0.206. The zero-order valence-corrected chi connectivity index (χ0v) is 22.6. The van der Waals surface area contributed by atoms with Crippen molar-refractivity contribution in [2.75, 3.05) is 24.6 Å². The number of benzene rings is 2. The first-order valence-corrected chi connectivity index (χ1v) is 15.7. The second-order valence-corrected chi connectivity index (χ2v) is 15.1. The van der Waals surface area contributed by atoms with Crippen LogP contribution >= 0.6 is 0 Å². The number of nitrogens with one attached hydrogen (secondary N) is 1. The molecule has 0 saturated carbocycles. The van der Waals surface area contributed by atoms with Crippen molar-refractivity contribution in [2.45, 2.75) is 56.4 Å². The number of sulfone groups is 1. The largest absolute Gasteiger partial charge is 0.243 e. The van der Waals surface area contributed by atoms with Gasteiger partial charge in [0.25, 0.3) is 0 Å². The van der Waals surface area contributed by atoms with E-state index in [9.17, 15) is 25.3 Å². The highest BCUT2D eigenvalue weighted by Crippen LogP contribution is 2.35. The van der Waals surface area contributed by atoms with Gasteiger partial charge in [-0.15, -0.1) is 0 Å². The van der Waals surface area contributed by atoms with Crippen molar-refractivity contribution in [3.8, 4) is 0 Å². The molecule has 1 fully saturated rings. The minimum Gasteiger partial charge on any atom is -0.229 e. The maximum atomic E-state index is 13.7. The highest BCUT2D eigenvalue weighted by molar-refractivity contribution is 7.92. The van der Waals surface area contributed by atoms with Crippen molar-refractivity contribution >= 4 is 29.9 Å². The third-order valence-electron chi connectivity index (χ3n) is 6.21. The second-order valence-electron chi connectivity index (χ2n) is 9.35. The van der Waals surface area contributed by atoms with Crippen LogP contribution in [0.25, 0.3) is 0 Å². The Kier molecular flexibility index (Phi) is 7.37. The van der Waals surface area contributed by atoms with Crippen LogP contribution in [0.15, 0.2) is 46.2 Å². The van der Waals surface area contributed by atoms with E-state index in [2.05, 4.69) is 4.72 Å². The molecule has 1 saturated heterocycles. The number of hydrogen-bond donors (Lipinski definition) is 1. The SMILES string of the molecule is Cc1ccc(S(=O)(=O)NCCN([C@]2(C)CCS(=O)(=O)C2)S(=O)(=O)c2ccc(C)cc2C)c(C)c1. The van der Waals surface area contributed by atoms with E-state index in [1.54, 1.807) is 45.0 Å². The monoisotopic (exact) mass is 528 g/mol. The molecule has 0 bridgehead atoms. The molecular formula is C23H32N2O6S3. The van der Waals surface area contributed by atoms with Gasteiger partial charge in [0.2, 0.25) is 20.0 Å². The van der Waals surface area contributed by atoms with Crippen molar-refractivity contribution in [3.05, 3.63) is 58.7 Å². The predicted molar refractivity (Wildman–Crippen MR) is 133 cm³/mol. The summed E-state index contributed by atoms with van der Waals surface area (Å²) in [6.45, 7) is 8.31. The fraction of sp³-hybridized carbons (Fsp3) is 0.478. The third-order valence-corrected chi connectivity index (χ3v) is 11.9. The van der Waals surface area contributed by atoms with Gasteiger partial charge in [0.1, 0.15) is 0 Å². The molecule has 2 aromatic rings. The first-order valence-electron chi connectivity index (χ1n) is 10.9. The van der Waals surface area contributed by atoms with Gasteiger partial charge >= 0.3 is 0 Å². The molecule has 1 heterocycles. The Hall–Kier alpha value is -1.79. The summed E-state index contributed by atoms with van der Waals surface area (Å²) in [7, 11) is -11.4. The van der Waals surface area contributed by atoms with Crippen LogP contribution in [-0.2, 0) is 29.9 Å². The number of hydrogen-bond acceptors (Lipinski definition) is 6. The van der Waals surface area contributed by atoms with E-state index in [0.717, 1.165) is 15.4 Å². The second kappa shape index (κ2) is 9.34. The van der Waals surface area contributed by atoms with E-state index in [1.165, 1.54) is 12.1 Å². The molecule has 3 rings (SSSR count). The summed E-state index contributed by atoms with van der Waals surface area (Å²) in [6.07, 6.45) is 0.142. The summed E-state index contributed by atoms with van der Waals surface area (Å²) in [5, 5.41) is 0. The summed E-state index contributed by atoms with van der Waals surface area (Å²) < 4.78 is 81.5. The highest BCUT2D eigenvalue weighted by Gasteiger charge is 2.48. The lowest BCUT2D eigenvalue weighted by Gasteiger charge is -2.36. The average Bonchev–Trinajstić information content (AvgIpc) is 2.97. The summed E-state index contributed by atoms with van der Waals surface area (Å²) in [5.41, 5.74) is 1.78. The molecule has 11 heteroatoms. The topological polar surface area (TPSA) is 118 Å². The molecule has 0 radical (unpaired) electrons. The lowest BCUT2D eigenvalue weighted by molar-refractivity contribution is 0.236. The van der Waals surface area contributed by atoms with Crippen LogP contribution < -0.4 is 4.72 Å². The van der Waals surface area contributed by atoms with Gasteiger partial charge in [-0.05, 0) is 64.3 Å². The molecule has 0 spiro atoms. The van der Waals surface area contributed by atoms with E-state index in [0.29, 0.717) is 11.1 Å². The molecular weight excluding hydrogens is 496 g/mol. The number of aryl methyl sites for hydroxylation is 4. The Balaban J connectivity index is 1.94. The first-order chi connectivity index (χ1) is 15.6.